The number of alkyl halides is 1. The van der Waals surface area contributed by atoms with Gasteiger partial charge in [-0.15, -0.1) is 11.6 Å². The normalized spacial score (nSPS) is 12.8. The topological polar surface area (TPSA) is 46.4 Å². The number of likely N-dealkylation sites (N-methyl/N-ethyl adjacent to an activating group) is 1. The van der Waals surface area contributed by atoms with Crippen LogP contribution in [0.5, 0.6) is 0 Å². The summed E-state index contributed by atoms with van der Waals surface area (Å²) in [7, 11) is 3.83. The lowest BCUT2D eigenvalue weighted by atomic mass is 10.1. The van der Waals surface area contributed by atoms with E-state index in [4.69, 9.17) is 11.6 Å². The Bertz CT molecular complexity index is 394. The van der Waals surface area contributed by atoms with Crippen molar-refractivity contribution in [2.24, 2.45) is 0 Å². The average Bonchev–Trinajstić information content (AvgIpc) is 2.16. The Kier molecular flexibility index (Phi) is 4.26. The number of halogens is 1. The Morgan fingerprint density at radius 2 is 2.12 bits per heavy atom. The van der Waals surface area contributed by atoms with Gasteiger partial charge in [0.2, 0.25) is 0 Å². The third-order valence-corrected chi connectivity index (χ3v) is 2.71. The maximum Gasteiger partial charge on any atom is 0.272 e. The Balaban J connectivity index is 2.98. The minimum Gasteiger partial charge on any atom is -0.308 e. The maximum atomic E-state index is 10.8. The summed E-state index contributed by atoms with van der Waals surface area (Å²) in [6, 6.07) is 5.12. The Morgan fingerprint density at radius 1 is 1.50 bits per heavy atom. The molecule has 0 N–H and O–H groups in total. The van der Waals surface area contributed by atoms with E-state index in [1.165, 1.54) is 0 Å². The SMILES string of the molecule is Cc1ccc(C(Cl)CN(C)C)cc1[N+](=O)[O-]. The number of aryl methyl sites for hydroxylation is 1. The number of nitrogens with zero attached hydrogens (tertiary/aromatic N) is 2. The minimum atomic E-state index is -0.377. The molecule has 0 aliphatic carbocycles. The van der Waals surface area contributed by atoms with Crippen molar-refractivity contribution in [1.82, 2.24) is 4.90 Å². The lowest BCUT2D eigenvalue weighted by molar-refractivity contribution is -0.385. The lowest BCUT2D eigenvalue weighted by Gasteiger charge is -2.15. The lowest BCUT2D eigenvalue weighted by Crippen LogP contribution is -2.17. The van der Waals surface area contributed by atoms with E-state index in [1.807, 2.05) is 25.1 Å². The van der Waals surface area contributed by atoms with Crippen molar-refractivity contribution in [2.45, 2.75) is 12.3 Å². The molecule has 0 saturated carbocycles. The van der Waals surface area contributed by atoms with Gasteiger partial charge in [0, 0.05) is 18.2 Å². The first-order valence-electron chi connectivity index (χ1n) is 4.95. The van der Waals surface area contributed by atoms with E-state index in [2.05, 4.69) is 0 Å². The summed E-state index contributed by atoms with van der Waals surface area (Å²) >= 11 is 6.17. The van der Waals surface area contributed by atoms with E-state index >= 15 is 0 Å². The molecule has 1 unspecified atom stereocenters. The third kappa shape index (κ3) is 3.18. The quantitative estimate of drug-likeness (QED) is 0.463. The molecule has 0 aliphatic rings. The van der Waals surface area contributed by atoms with Crippen LogP contribution in [-0.4, -0.2) is 30.5 Å². The number of rotatable bonds is 4. The summed E-state index contributed by atoms with van der Waals surface area (Å²) in [5.41, 5.74) is 1.57. The fourth-order valence-electron chi connectivity index (χ4n) is 1.44. The molecule has 0 saturated heterocycles. The van der Waals surface area contributed by atoms with Gasteiger partial charge in [0.15, 0.2) is 0 Å². The summed E-state index contributed by atoms with van der Waals surface area (Å²) in [6.07, 6.45) is 0. The molecule has 0 heterocycles. The number of hydrogen-bond donors (Lipinski definition) is 0. The van der Waals surface area contributed by atoms with Crippen LogP contribution in [0.15, 0.2) is 18.2 Å². The molecule has 0 aromatic heterocycles. The van der Waals surface area contributed by atoms with Crippen molar-refractivity contribution in [2.75, 3.05) is 20.6 Å². The molecule has 1 rings (SSSR count). The highest BCUT2D eigenvalue weighted by Crippen LogP contribution is 2.27. The highest BCUT2D eigenvalue weighted by molar-refractivity contribution is 6.21. The standard InChI is InChI=1S/C11H15ClN2O2/c1-8-4-5-9(6-11(8)14(15)16)10(12)7-13(2)3/h4-6,10H,7H2,1-3H3. The number of hydrogen-bond acceptors (Lipinski definition) is 3. The van der Waals surface area contributed by atoms with Crippen molar-refractivity contribution in [3.8, 4) is 0 Å². The van der Waals surface area contributed by atoms with Gasteiger partial charge < -0.3 is 4.90 Å². The summed E-state index contributed by atoms with van der Waals surface area (Å²) in [5.74, 6) is 0. The average molecular weight is 243 g/mol. The summed E-state index contributed by atoms with van der Waals surface area (Å²) in [5, 5.41) is 10.5. The fourth-order valence-corrected chi connectivity index (χ4v) is 1.86. The molecule has 0 aliphatic heterocycles. The van der Waals surface area contributed by atoms with Gasteiger partial charge in [-0.25, -0.2) is 0 Å². The zero-order chi connectivity index (χ0) is 12.3. The van der Waals surface area contributed by atoms with Crippen LogP contribution in [0.1, 0.15) is 16.5 Å². The van der Waals surface area contributed by atoms with E-state index in [0.717, 1.165) is 5.56 Å². The van der Waals surface area contributed by atoms with Crippen molar-refractivity contribution in [3.63, 3.8) is 0 Å². The van der Waals surface area contributed by atoms with Crippen LogP contribution in [-0.2, 0) is 0 Å². The van der Waals surface area contributed by atoms with Gasteiger partial charge in [0.25, 0.3) is 5.69 Å². The highest BCUT2D eigenvalue weighted by Gasteiger charge is 2.15. The molecule has 1 aromatic rings. The maximum absolute atomic E-state index is 10.8. The minimum absolute atomic E-state index is 0.127. The highest BCUT2D eigenvalue weighted by atomic mass is 35.5. The van der Waals surface area contributed by atoms with Gasteiger partial charge in [-0.2, -0.15) is 0 Å². The van der Waals surface area contributed by atoms with Gasteiger partial charge in [-0.3, -0.25) is 10.1 Å². The van der Waals surface area contributed by atoms with Gasteiger partial charge in [-0.1, -0.05) is 12.1 Å². The van der Waals surface area contributed by atoms with Crippen LogP contribution in [0.2, 0.25) is 0 Å². The molecule has 1 atom stereocenters. The molecule has 0 spiro atoms. The molecule has 5 heteroatoms. The predicted octanol–water partition coefficient (Wildman–Crippen LogP) is 2.74. The second kappa shape index (κ2) is 5.27. The second-order valence-corrected chi connectivity index (χ2v) is 4.56. The molecule has 1 aromatic carbocycles. The fraction of sp³-hybridized carbons (Fsp3) is 0.455. The first-order chi connectivity index (χ1) is 7.41. The zero-order valence-electron chi connectivity index (χ0n) is 9.61. The van der Waals surface area contributed by atoms with E-state index in [9.17, 15) is 10.1 Å². The first-order valence-corrected chi connectivity index (χ1v) is 5.39. The number of benzene rings is 1. The van der Waals surface area contributed by atoms with Crippen LogP contribution >= 0.6 is 11.6 Å². The largest absolute Gasteiger partial charge is 0.308 e. The summed E-state index contributed by atoms with van der Waals surface area (Å²) in [6.45, 7) is 2.37. The molecular weight excluding hydrogens is 228 g/mol. The third-order valence-electron chi connectivity index (χ3n) is 2.32. The van der Waals surface area contributed by atoms with E-state index < -0.39 is 0 Å². The monoisotopic (exact) mass is 242 g/mol. The molecule has 88 valence electrons. The Labute approximate surface area is 100.0 Å². The van der Waals surface area contributed by atoms with Crippen molar-refractivity contribution in [1.29, 1.82) is 0 Å². The predicted molar refractivity (Wildman–Crippen MR) is 65.0 cm³/mol. The van der Waals surface area contributed by atoms with Crippen molar-refractivity contribution < 1.29 is 4.92 Å². The van der Waals surface area contributed by atoms with Gasteiger partial charge >= 0.3 is 0 Å². The first kappa shape index (κ1) is 12.9. The van der Waals surface area contributed by atoms with Crippen LogP contribution in [0.4, 0.5) is 5.69 Å². The molecule has 0 amide bonds. The van der Waals surface area contributed by atoms with Gasteiger partial charge in [0.05, 0.1) is 10.3 Å². The van der Waals surface area contributed by atoms with Crippen LogP contribution < -0.4 is 0 Å². The number of nitro groups is 1. The second-order valence-electron chi connectivity index (χ2n) is 4.03. The van der Waals surface area contributed by atoms with E-state index in [0.29, 0.717) is 12.1 Å². The van der Waals surface area contributed by atoms with Crippen LogP contribution in [0, 0.1) is 17.0 Å². The molecule has 0 radical (unpaired) electrons. The van der Waals surface area contributed by atoms with Gasteiger partial charge in [0.1, 0.15) is 0 Å². The number of nitro benzene ring substituents is 1. The van der Waals surface area contributed by atoms with Crippen molar-refractivity contribution in [3.05, 3.63) is 39.4 Å². The van der Waals surface area contributed by atoms with E-state index in [-0.39, 0.29) is 16.0 Å². The van der Waals surface area contributed by atoms with Crippen LogP contribution in [0.3, 0.4) is 0 Å². The molecule has 16 heavy (non-hydrogen) atoms. The molecule has 4 nitrogen and oxygen atoms in total. The molecule has 0 bridgehead atoms. The van der Waals surface area contributed by atoms with Crippen LogP contribution in [0.25, 0.3) is 0 Å². The van der Waals surface area contributed by atoms with E-state index in [1.54, 1.807) is 19.1 Å². The van der Waals surface area contributed by atoms with Gasteiger partial charge in [-0.05, 0) is 26.6 Å². The zero-order valence-corrected chi connectivity index (χ0v) is 10.4. The van der Waals surface area contributed by atoms with Crippen molar-refractivity contribution >= 4 is 17.3 Å². The molecule has 0 fully saturated rings. The Morgan fingerprint density at radius 3 is 2.62 bits per heavy atom. The smallest absolute Gasteiger partial charge is 0.272 e. The summed E-state index contributed by atoms with van der Waals surface area (Å²) in [4.78, 5) is 12.3. The summed E-state index contributed by atoms with van der Waals surface area (Å²) < 4.78 is 0. The molecular formula is C11H15ClN2O2. The Hall–Kier alpha value is -1.13.